The molecular formula is C16H15N3O2. The fraction of sp³-hybridized carbons (Fsp3) is 0.125. The lowest BCUT2D eigenvalue weighted by Gasteiger charge is -2.11. The number of aliphatic hydroxyl groups excluding tert-OH is 1. The zero-order valence-corrected chi connectivity index (χ0v) is 11.3. The number of aromatic nitrogens is 2. The van der Waals surface area contributed by atoms with Crippen molar-refractivity contribution in [2.75, 3.05) is 6.54 Å². The smallest absolute Gasteiger partial charge is 0.272 e. The van der Waals surface area contributed by atoms with E-state index in [4.69, 9.17) is 0 Å². The van der Waals surface area contributed by atoms with Crippen LogP contribution in [0.15, 0.2) is 54.6 Å². The molecule has 0 aliphatic carbocycles. The molecule has 1 atom stereocenters. The van der Waals surface area contributed by atoms with Gasteiger partial charge in [0.2, 0.25) is 0 Å². The van der Waals surface area contributed by atoms with E-state index in [1.54, 1.807) is 0 Å². The number of carbonyl (C=O) groups is 1. The van der Waals surface area contributed by atoms with Gasteiger partial charge in [-0.15, -0.1) is 0 Å². The van der Waals surface area contributed by atoms with Gasteiger partial charge in [0.1, 0.15) is 0 Å². The maximum atomic E-state index is 12.2. The zero-order chi connectivity index (χ0) is 14.7. The second-order valence-electron chi connectivity index (χ2n) is 4.75. The summed E-state index contributed by atoms with van der Waals surface area (Å²) >= 11 is 0. The van der Waals surface area contributed by atoms with Crippen LogP contribution >= 0.6 is 0 Å². The van der Waals surface area contributed by atoms with Crippen molar-refractivity contribution >= 4 is 16.8 Å². The van der Waals surface area contributed by atoms with Gasteiger partial charge in [0, 0.05) is 11.9 Å². The molecule has 1 amide bonds. The van der Waals surface area contributed by atoms with Crippen molar-refractivity contribution in [3.8, 4) is 0 Å². The van der Waals surface area contributed by atoms with Crippen molar-refractivity contribution in [1.82, 2.24) is 15.5 Å². The molecule has 21 heavy (non-hydrogen) atoms. The number of hydrogen-bond donors (Lipinski definition) is 3. The molecule has 0 saturated carbocycles. The third kappa shape index (κ3) is 2.78. The Morgan fingerprint density at radius 1 is 1.14 bits per heavy atom. The number of nitrogens with one attached hydrogen (secondary N) is 2. The average molecular weight is 281 g/mol. The van der Waals surface area contributed by atoms with Gasteiger partial charge >= 0.3 is 0 Å². The number of nitrogens with zero attached hydrogens (tertiary/aromatic N) is 1. The van der Waals surface area contributed by atoms with Gasteiger partial charge < -0.3 is 10.4 Å². The summed E-state index contributed by atoms with van der Waals surface area (Å²) in [6, 6.07) is 16.6. The lowest BCUT2D eigenvalue weighted by atomic mass is 10.1. The van der Waals surface area contributed by atoms with Crippen molar-refractivity contribution in [2.45, 2.75) is 6.10 Å². The minimum Gasteiger partial charge on any atom is -0.387 e. The Morgan fingerprint density at radius 3 is 2.67 bits per heavy atom. The Kier molecular flexibility index (Phi) is 3.66. The van der Waals surface area contributed by atoms with Crippen molar-refractivity contribution < 1.29 is 9.90 Å². The zero-order valence-electron chi connectivity index (χ0n) is 11.3. The van der Waals surface area contributed by atoms with Crippen LogP contribution < -0.4 is 5.32 Å². The standard InChI is InChI=1S/C16H15N3O2/c20-14(11-6-2-1-3-7-11)10-17-16(21)15-12-8-4-5-9-13(12)18-19-15/h1-9,14,20H,10H2,(H,17,21)(H,18,19)/t14-/m0/s1. The first-order chi connectivity index (χ1) is 10.3. The largest absolute Gasteiger partial charge is 0.387 e. The van der Waals surface area contributed by atoms with Crippen LogP contribution in [0.1, 0.15) is 22.2 Å². The summed E-state index contributed by atoms with van der Waals surface area (Å²) in [5.41, 5.74) is 1.92. The van der Waals surface area contributed by atoms with E-state index in [0.717, 1.165) is 16.5 Å². The van der Waals surface area contributed by atoms with E-state index in [2.05, 4.69) is 15.5 Å². The third-order valence-corrected chi connectivity index (χ3v) is 3.33. The van der Waals surface area contributed by atoms with Crippen LogP contribution in [0.5, 0.6) is 0 Å². The maximum absolute atomic E-state index is 12.2. The SMILES string of the molecule is O=C(NC[C@H](O)c1ccccc1)c1n[nH]c2ccccc12. The number of H-pyrrole nitrogens is 1. The Bertz CT molecular complexity index is 752. The van der Waals surface area contributed by atoms with Gasteiger partial charge in [0.15, 0.2) is 5.69 Å². The molecule has 0 spiro atoms. The molecule has 2 aromatic carbocycles. The second kappa shape index (κ2) is 5.76. The van der Waals surface area contributed by atoms with E-state index < -0.39 is 6.10 Å². The van der Waals surface area contributed by atoms with E-state index in [1.165, 1.54) is 0 Å². The Balaban J connectivity index is 1.70. The summed E-state index contributed by atoms with van der Waals surface area (Å²) in [6.07, 6.45) is -0.736. The van der Waals surface area contributed by atoms with Crippen molar-refractivity contribution in [3.05, 3.63) is 65.9 Å². The van der Waals surface area contributed by atoms with Gasteiger partial charge in [-0.3, -0.25) is 9.89 Å². The van der Waals surface area contributed by atoms with E-state index in [1.807, 2.05) is 54.6 Å². The summed E-state index contributed by atoms with van der Waals surface area (Å²) in [6.45, 7) is 0.143. The molecule has 1 heterocycles. The predicted molar refractivity (Wildman–Crippen MR) is 79.8 cm³/mol. The number of benzene rings is 2. The number of aliphatic hydroxyl groups is 1. The van der Waals surface area contributed by atoms with Crippen molar-refractivity contribution in [1.29, 1.82) is 0 Å². The lowest BCUT2D eigenvalue weighted by Crippen LogP contribution is -2.28. The van der Waals surface area contributed by atoms with Crippen molar-refractivity contribution in [2.24, 2.45) is 0 Å². The van der Waals surface area contributed by atoms with Crippen LogP contribution in [0.25, 0.3) is 10.9 Å². The highest BCUT2D eigenvalue weighted by Crippen LogP contribution is 2.15. The molecule has 0 aliphatic heterocycles. The topological polar surface area (TPSA) is 78.0 Å². The van der Waals surface area contributed by atoms with Gasteiger partial charge in [-0.1, -0.05) is 48.5 Å². The second-order valence-corrected chi connectivity index (χ2v) is 4.75. The number of carbonyl (C=O) groups excluding carboxylic acids is 1. The molecule has 0 unspecified atom stereocenters. The fourth-order valence-electron chi connectivity index (χ4n) is 2.20. The van der Waals surface area contributed by atoms with Crippen LogP contribution in [0.3, 0.4) is 0 Å². The summed E-state index contributed by atoms with van der Waals surface area (Å²) in [5.74, 6) is -0.303. The minimum absolute atomic E-state index is 0.143. The molecule has 5 nitrogen and oxygen atoms in total. The van der Waals surface area contributed by atoms with Gasteiger partial charge in [-0.05, 0) is 11.6 Å². The molecule has 3 N–H and O–H groups in total. The lowest BCUT2D eigenvalue weighted by molar-refractivity contribution is 0.0913. The molecule has 106 valence electrons. The highest BCUT2D eigenvalue weighted by Gasteiger charge is 2.15. The van der Waals surface area contributed by atoms with E-state index in [9.17, 15) is 9.90 Å². The van der Waals surface area contributed by atoms with Crippen LogP contribution in [0, 0.1) is 0 Å². The molecule has 3 rings (SSSR count). The molecule has 0 aliphatic rings. The fourth-order valence-corrected chi connectivity index (χ4v) is 2.20. The maximum Gasteiger partial charge on any atom is 0.272 e. The monoisotopic (exact) mass is 281 g/mol. The highest BCUT2D eigenvalue weighted by atomic mass is 16.3. The Morgan fingerprint density at radius 2 is 1.86 bits per heavy atom. The van der Waals surface area contributed by atoms with Crippen LogP contribution in [0.4, 0.5) is 0 Å². The van der Waals surface area contributed by atoms with E-state index >= 15 is 0 Å². The van der Waals surface area contributed by atoms with Gasteiger partial charge in [-0.25, -0.2) is 0 Å². The summed E-state index contributed by atoms with van der Waals surface area (Å²) < 4.78 is 0. The molecule has 0 radical (unpaired) electrons. The van der Waals surface area contributed by atoms with Gasteiger partial charge in [0.25, 0.3) is 5.91 Å². The molecule has 1 aromatic heterocycles. The van der Waals surface area contributed by atoms with Crippen molar-refractivity contribution in [3.63, 3.8) is 0 Å². The first-order valence-corrected chi connectivity index (χ1v) is 6.70. The predicted octanol–water partition coefficient (Wildman–Crippen LogP) is 2.03. The number of rotatable bonds is 4. The van der Waals surface area contributed by atoms with Crippen LogP contribution in [0.2, 0.25) is 0 Å². The molecule has 0 bridgehead atoms. The number of amides is 1. The normalized spacial score (nSPS) is 12.2. The number of fused-ring (bicyclic) bond motifs is 1. The first-order valence-electron chi connectivity index (χ1n) is 6.70. The van der Waals surface area contributed by atoms with Crippen LogP contribution in [-0.2, 0) is 0 Å². The average Bonchev–Trinajstić information content (AvgIpc) is 2.97. The Hall–Kier alpha value is -2.66. The molecular weight excluding hydrogens is 266 g/mol. The van der Waals surface area contributed by atoms with Gasteiger partial charge in [0.05, 0.1) is 11.6 Å². The quantitative estimate of drug-likeness (QED) is 0.684. The highest BCUT2D eigenvalue weighted by molar-refractivity contribution is 6.04. The summed E-state index contributed by atoms with van der Waals surface area (Å²) in [5, 5.41) is 20.4. The van der Waals surface area contributed by atoms with Crippen LogP contribution in [-0.4, -0.2) is 27.8 Å². The summed E-state index contributed by atoms with van der Waals surface area (Å²) in [4.78, 5) is 12.2. The number of para-hydroxylation sites is 1. The molecule has 5 heteroatoms. The number of hydrogen-bond acceptors (Lipinski definition) is 3. The molecule has 0 fully saturated rings. The van der Waals surface area contributed by atoms with E-state index in [-0.39, 0.29) is 12.5 Å². The first kappa shape index (κ1) is 13.3. The van der Waals surface area contributed by atoms with E-state index in [0.29, 0.717) is 5.69 Å². The Labute approximate surface area is 121 Å². The number of aromatic amines is 1. The molecule has 3 aromatic rings. The summed E-state index contributed by atoms with van der Waals surface area (Å²) in [7, 11) is 0. The minimum atomic E-state index is -0.736. The third-order valence-electron chi connectivity index (χ3n) is 3.33. The molecule has 0 saturated heterocycles. The van der Waals surface area contributed by atoms with Gasteiger partial charge in [-0.2, -0.15) is 5.10 Å².